The number of hydrogen-bond donors (Lipinski definition) is 2. The second-order valence-corrected chi connectivity index (χ2v) is 4.99. The Bertz CT molecular complexity index is 734. The van der Waals surface area contributed by atoms with E-state index in [2.05, 4.69) is 15.6 Å². The number of carbonyl (C=O) groups is 2. The number of aromatic nitrogens is 1. The minimum Gasteiger partial charge on any atom is -0.492 e. The number of hydrogen-bond acceptors (Lipinski definition) is 5. The van der Waals surface area contributed by atoms with Crippen LogP contribution in [0, 0.1) is 0 Å². The standard InChI is InChI=1S/C18H21N3O4/c1-3-24-16-8-6-5-7-15(16)21-17(22)13-9-10-19-14(11-13)12-20-18(23)25-4-2/h5-11H,3-4,12H2,1-2H3,(H,20,23)(H,21,22). The molecule has 132 valence electrons. The van der Waals surface area contributed by atoms with Gasteiger partial charge in [0.05, 0.1) is 31.1 Å². The average molecular weight is 343 g/mol. The molecule has 0 unspecified atom stereocenters. The smallest absolute Gasteiger partial charge is 0.407 e. The van der Waals surface area contributed by atoms with Crippen LogP contribution in [0.3, 0.4) is 0 Å². The van der Waals surface area contributed by atoms with Crippen LogP contribution >= 0.6 is 0 Å². The largest absolute Gasteiger partial charge is 0.492 e. The zero-order chi connectivity index (χ0) is 18.1. The Morgan fingerprint density at radius 1 is 1.12 bits per heavy atom. The molecule has 0 bridgehead atoms. The number of rotatable bonds is 7. The van der Waals surface area contributed by atoms with Crippen LogP contribution in [0.5, 0.6) is 5.75 Å². The van der Waals surface area contributed by atoms with Gasteiger partial charge < -0.3 is 20.1 Å². The number of alkyl carbamates (subject to hydrolysis) is 1. The average Bonchev–Trinajstić information content (AvgIpc) is 2.62. The normalized spacial score (nSPS) is 10.0. The monoisotopic (exact) mass is 343 g/mol. The van der Waals surface area contributed by atoms with Crippen LogP contribution in [-0.2, 0) is 11.3 Å². The molecular weight excluding hydrogens is 322 g/mol. The third-order valence-electron chi connectivity index (χ3n) is 3.20. The summed E-state index contributed by atoms with van der Waals surface area (Å²) in [6, 6.07) is 10.4. The molecule has 0 aliphatic heterocycles. The highest BCUT2D eigenvalue weighted by atomic mass is 16.5. The first-order chi connectivity index (χ1) is 12.1. The summed E-state index contributed by atoms with van der Waals surface area (Å²) in [4.78, 5) is 27.9. The molecule has 2 N–H and O–H groups in total. The quantitative estimate of drug-likeness (QED) is 0.807. The molecule has 25 heavy (non-hydrogen) atoms. The maximum absolute atomic E-state index is 12.5. The lowest BCUT2D eigenvalue weighted by Gasteiger charge is -2.11. The second-order valence-electron chi connectivity index (χ2n) is 4.99. The van der Waals surface area contributed by atoms with Gasteiger partial charge in [0.1, 0.15) is 5.75 Å². The van der Waals surface area contributed by atoms with Gasteiger partial charge in [-0.2, -0.15) is 0 Å². The molecule has 0 fully saturated rings. The minimum absolute atomic E-state index is 0.176. The van der Waals surface area contributed by atoms with Crippen molar-refractivity contribution in [3.63, 3.8) is 0 Å². The van der Waals surface area contributed by atoms with Gasteiger partial charge >= 0.3 is 6.09 Å². The van der Waals surface area contributed by atoms with Crippen molar-refractivity contribution in [3.05, 3.63) is 53.9 Å². The van der Waals surface area contributed by atoms with Gasteiger partial charge in [-0.15, -0.1) is 0 Å². The van der Waals surface area contributed by atoms with Crippen LogP contribution in [-0.4, -0.2) is 30.2 Å². The maximum atomic E-state index is 12.5. The van der Waals surface area contributed by atoms with Crippen LogP contribution in [0.15, 0.2) is 42.6 Å². The van der Waals surface area contributed by atoms with Crippen molar-refractivity contribution < 1.29 is 19.1 Å². The highest BCUT2D eigenvalue weighted by Gasteiger charge is 2.11. The fourth-order valence-corrected chi connectivity index (χ4v) is 2.11. The van der Waals surface area contributed by atoms with Crippen molar-refractivity contribution in [1.82, 2.24) is 10.3 Å². The van der Waals surface area contributed by atoms with Crippen LogP contribution in [0.2, 0.25) is 0 Å². The van der Waals surface area contributed by atoms with Crippen molar-refractivity contribution in [2.75, 3.05) is 18.5 Å². The molecule has 0 atom stereocenters. The minimum atomic E-state index is -0.523. The summed E-state index contributed by atoms with van der Waals surface area (Å²) in [5.74, 6) is 0.323. The first-order valence-electron chi connectivity index (χ1n) is 8.02. The Labute approximate surface area is 146 Å². The first-order valence-corrected chi connectivity index (χ1v) is 8.02. The molecule has 1 heterocycles. The number of pyridine rings is 1. The van der Waals surface area contributed by atoms with E-state index in [9.17, 15) is 9.59 Å². The van der Waals surface area contributed by atoms with Gasteiger partial charge in [-0.05, 0) is 38.1 Å². The molecule has 2 amide bonds. The third-order valence-corrected chi connectivity index (χ3v) is 3.20. The number of anilines is 1. The van der Waals surface area contributed by atoms with E-state index >= 15 is 0 Å². The topological polar surface area (TPSA) is 89.5 Å². The SMILES string of the molecule is CCOC(=O)NCc1cc(C(=O)Nc2ccccc2OCC)ccn1. The lowest BCUT2D eigenvalue weighted by Crippen LogP contribution is -2.24. The van der Waals surface area contributed by atoms with Crippen LogP contribution in [0.25, 0.3) is 0 Å². The molecule has 7 nitrogen and oxygen atoms in total. The number of nitrogens with zero attached hydrogens (tertiary/aromatic N) is 1. The number of carbonyl (C=O) groups excluding carboxylic acids is 2. The first kappa shape index (κ1) is 18.3. The Morgan fingerprint density at radius 2 is 1.92 bits per heavy atom. The summed E-state index contributed by atoms with van der Waals surface area (Å²) >= 11 is 0. The number of nitrogens with one attached hydrogen (secondary N) is 2. The molecule has 2 rings (SSSR count). The summed E-state index contributed by atoms with van der Waals surface area (Å²) in [6.07, 6.45) is 0.996. The predicted octanol–water partition coefficient (Wildman–Crippen LogP) is 2.98. The number of benzene rings is 1. The summed E-state index contributed by atoms with van der Waals surface area (Å²) in [6.45, 7) is 4.58. The van der Waals surface area contributed by atoms with Crippen molar-refractivity contribution in [2.45, 2.75) is 20.4 Å². The van der Waals surface area contributed by atoms with E-state index in [0.29, 0.717) is 35.9 Å². The van der Waals surface area contributed by atoms with E-state index in [1.807, 2.05) is 19.1 Å². The van der Waals surface area contributed by atoms with Gasteiger partial charge in [0.15, 0.2) is 0 Å². The zero-order valence-electron chi connectivity index (χ0n) is 14.2. The summed E-state index contributed by atoms with van der Waals surface area (Å²) < 4.78 is 10.3. The predicted molar refractivity (Wildman–Crippen MR) is 93.7 cm³/mol. The molecule has 1 aromatic heterocycles. The molecule has 0 aliphatic rings. The molecule has 0 aliphatic carbocycles. The molecule has 0 radical (unpaired) electrons. The summed E-state index contributed by atoms with van der Waals surface area (Å²) in [5.41, 5.74) is 1.58. The van der Waals surface area contributed by atoms with Gasteiger partial charge in [0.25, 0.3) is 5.91 Å². The Balaban J connectivity index is 2.05. The highest BCUT2D eigenvalue weighted by Crippen LogP contribution is 2.24. The van der Waals surface area contributed by atoms with Gasteiger partial charge in [-0.1, -0.05) is 12.1 Å². The molecule has 0 saturated heterocycles. The molecule has 0 saturated carbocycles. The van der Waals surface area contributed by atoms with E-state index in [1.54, 1.807) is 31.2 Å². The van der Waals surface area contributed by atoms with Gasteiger partial charge in [-0.25, -0.2) is 4.79 Å². The lowest BCUT2D eigenvalue weighted by molar-refractivity contribution is 0.102. The zero-order valence-corrected chi connectivity index (χ0v) is 14.2. The van der Waals surface area contributed by atoms with E-state index in [-0.39, 0.29) is 12.5 Å². The van der Waals surface area contributed by atoms with Crippen LogP contribution < -0.4 is 15.4 Å². The van der Waals surface area contributed by atoms with E-state index in [4.69, 9.17) is 9.47 Å². The molecular formula is C18H21N3O4. The number of amides is 2. The number of ether oxygens (including phenoxy) is 2. The van der Waals surface area contributed by atoms with Crippen molar-refractivity contribution in [1.29, 1.82) is 0 Å². The van der Waals surface area contributed by atoms with Gasteiger partial charge in [-0.3, -0.25) is 9.78 Å². The molecule has 7 heteroatoms. The Hall–Kier alpha value is -3.09. The van der Waals surface area contributed by atoms with Gasteiger partial charge in [0, 0.05) is 11.8 Å². The molecule has 1 aromatic carbocycles. The van der Waals surface area contributed by atoms with Crippen LogP contribution in [0.1, 0.15) is 29.9 Å². The Kier molecular flexibility index (Phi) is 6.76. The number of para-hydroxylation sites is 2. The molecule has 2 aromatic rings. The highest BCUT2D eigenvalue weighted by molar-refractivity contribution is 6.05. The van der Waals surface area contributed by atoms with E-state index in [1.165, 1.54) is 6.20 Å². The van der Waals surface area contributed by atoms with Crippen molar-refractivity contribution in [2.24, 2.45) is 0 Å². The Morgan fingerprint density at radius 3 is 2.68 bits per heavy atom. The van der Waals surface area contributed by atoms with E-state index < -0.39 is 6.09 Å². The maximum Gasteiger partial charge on any atom is 0.407 e. The van der Waals surface area contributed by atoms with Crippen LogP contribution in [0.4, 0.5) is 10.5 Å². The summed E-state index contributed by atoms with van der Waals surface area (Å²) in [7, 11) is 0. The van der Waals surface area contributed by atoms with Crippen molar-refractivity contribution >= 4 is 17.7 Å². The van der Waals surface area contributed by atoms with Gasteiger partial charge in [0.2, 0.25) is 0 Å². The van der Waals surface area contributed by atoms with E-state index in [0.717, 1.165) is 0 Å². The second kappa shape index (κ2) is 9.27. The third kappa shape index (κ3) is 5.49. The fraction of sp³-hybridized carbons (Fsp3) is 0.278. The van der Waals surface area contributed by atoms with Crippen molar-refractivity contribution in [3.8, 4) is 5.75 Å². The molecule has 0 spiro atoms. The fourth-order valence-electron chi connectivity index (χ4n) is 2.11. The lowest BCUT2D eigenvalue weighted by atomic mass is 10.2. The summed E-state index contributed by atoms with van der Waals surface area (Å²) in [5, 5.41) is 5.39.